The van der Waals surface area contributed by atoms with Crippen LogP contribution in [0, 0.1) is 6.92 Å². The van der Waals surface area contributed by atoms with Crippen LogP contribution in [0.25, 0.3) is 0 Å². The highest BCUT2D eigenvalue weighted by Gasteiger charge is 2.09. The van der Waals surface area contributed by atoms with Crippen LogP contribution < -0.4 is 10.6 Å². The standard InChI is InChI=1S/C21H18ClN3O3/c1-13-3-7-17(11-18(13)22)25-20(26)15-6-10-19(23-12-15)24-16-8-4-14(5-9-16)21(27)28-2/h3-12H,1-2H3,(H,23,24)(H,25,26). The molecule has 1 aromatic heterocycles. The molecular formula is C21H18ClN3O3. The first-order valence-electron chi connectivity index (χ1n) is 8.45. The Morgan fingerprint density at radius 1 is 0.964 bits per heavy atom. The van der Waals surface area contributed by atoms with Crippen molar-refractivity contribution in [2.24, 2.45) is 0 Å². The van der Waals surface area contributed by atoms with Crippen LogP contribution in [-0.4, -0.2) is 24.0 Å². The summed E-state index contributed by atoms with van der Waals surface area (Å²) in [7, 11) is 1.34. The summed E-state index contributed by atoms with van der Waals surface area (Å²) in [6.45, 7) is 1.90. The number of carbonyl (C=O) groups is 2. The maximum Gasteiger partial charge on any atom is 0.337 e. The molecule has 1 amide bonds. The van der Waals surface area contributed by atoms with E-state index < -0.39 is 5.97 Å². The smallest absolute Gasteiger partial charge is 0.337 e. The van der Waals surface area contributed by atoms with Crippen molar-refractivity contribution in [1.82, 2.24) is 4.98 Å². The van der Waals surface area contributed by atoms with Gasteiger partial charge in [0.05, 0.1) is 18.2 Å². The van der Waals surface area contributed by atoms with Gasteiger partial charge in [0.15, 0.2) is 0 Å². The fourth-order valence-corrected chi connectivity index (χ4v) is 2.61. The number of ether oxygens (including phenoxy) is 1. The summed E-state index contributed by atoms with van der Waals surface area (Å²) in [6, 6.07) is 15.5. The van der Waals surface area contributed by atoms with Crippen LogP contribution in [0.2, 0.25) is 5.02 Å². The molecule has 0 unspecified atom stereocenters. The van der Waals surface area contributed by atoms with Crippen LogP contribution >= 0.6 is 11.6 Å². The first kappa shape index (κ1) is 19.4. The van der Waals surface area contributed by atoms with Crippen LogP contribution in [0.3, 0.4) is 0 Å². The number of methoxy groups -OCH3 is 1. The maximum atomic E-state index is 12.4. The first-order valence-corrected chi connectivity index (χ1v) is 8.83. The number of pyridine rings is 1. The zero-order chi connectivity index (χ0) is 20.1. The molecule has 2 N–H and O–H groups in total. The van der Waals surface area contributed by atoms with Crippen LogP contribution in [-0.2, 0) is 4.74 Å². The van der Waals surface area contributed by atoms with E-state index in [9.17, 15) is 9.59 Å². The summed E-state index contributed by atoms with van der Waals surface area (Å²) >= 11 is 6.08. The highest BCUT2D eigenvalue weighted by atomic mass is 35.5. The van der Waals surface area contributed by atoms with Gasteiger partial charge < -0.3 is 15.4 Å². The molecule has 1 heterocycles. The number of benzene rings is 2. The van der Waals surface area contributed by atoms with E-state index in [4.69, 9.17) is 11.6 Å². The van der Waals surface area contributed by atoms with E-state index in [1.54, 1.807) is 48.5 Å². The van der Waals surface area contributed by atoms with Crippen molar-refractivity contribution >= 4 is 40.7 Å². The summed E-state index contributed by atoms with van der Waals surface area (Å²) in [5, 5.41) is 6.49. The Hall–Kier alpha value is -3.38. The van der Waals surface area contributed by atoms with Gasteiger partial charge in [0, 0.05) is 22.6 Å². The second-order valence-corrected chi connectivity index (χ2v) is 6.45. The Kier molecular flexibility index (Phi) is 5.91. The summed E-state index contributed by atoms with van der Waals surface area (Å²) in [4.78, 5) is 28.1. The van der Waals surface area contributed by atoms with Crippen molar-refractivity contribution in [2.45, 2.75) is 6.92 Å². The zero-order valence-electron chi connectivity index (χ0n) is 15.3. The van der Waals surface area contributed by atoms with Gasteiger partial charge in [-0.1, -0.05) is 17.7 Å². The number of aryl methyl sites for hydroxylation is 1. The number of amides is 1. The Labute approximate surface area is 167 Å². The minimum Gasteiger partial charge on any atom is -0.465 e. The topological polar surface area (TPSA) is 80.3 Å². The SMILES string of the molecule is COC(=O)c1ccc(Nc2ccc(C(=O)Nc3ccc(C)c(Cl)c3)cn2)cc1. The largest absolute Gasteiger partial charge is 0.465 e. The van der Waals surface area contributed by atoms with Crippen molar-refractivity contribution < 1.29 is 14.3 Å². The number of hydrogen-bond donors (Lipinski definition) is 2. The highest BCUT2D eigenvalue weighted by Crippen LogP contribution is 2.21. The number of halogens is 1. The zero-order valence-corrected chi connectivity index (χ0v) is 16.1. The number of nitrogens with zero attached hydrogens (tertiary/aromatic N) is 1. The minimum absolute atomic E-state index is 0.276. The van der Waals surface area contributed by atoms with Crippen LogP contribution in [0.1, 0.15) is 26.3 Å². The average molecular weight is 396 g/mol. The third-order valence-corrected chi connectivity index (χ3v) is 4.44. The van der Waals surface area contributed by atoms with Crippen molar-refractivity contribution in [3.63, 3.8) is 0 Å². The normalized spacial score (nSPS) is 10.2. The van der Waals surface area contributed by atoms with E-state index in [1.165, 1.54) is 13.3 Å². The minimum atomic E-state index is -0.394. The van der Waals surface area contributed by atoms with Gasteiger partial charge in [-0.05, 0) is 61.0 Å². The Morgan fingerprint density at radius 3 is 2.25 bits per heavy atom. The fourth-order valence-electron chi connectivity index (χ4n) is 2.43. The number of aromatic nitrogens is 1. The summed E-state index contributed by atoms with van der Waals surface area (Å²) in [6.07, 6.45) is 1.48. The quantitative estimate of drug-likeness (QED) is 0.605. The molecule has 0 saturated carbocycles. The van der Waals surface area contributed by atoms with E-state index in [0.29, 0.717) is 27.7 Å². The van der Waals surface area contributed by atoms with Gasteiger partial charge in [0.2, 0.25) is 0 Å². The number of esters is 1. The van der Waals surface area contributed by atoms with Crippen molar-refractivity contribution in [2.75, 3.05) is 17.7 Å². The third-order valence-electron chi connectivity index (χ3n) is 4.03. The molecule has 142 valence electrons. The molecule has 0 fully saturated rings. The highest BCUT2D eigenvalue weighted by molar-refractivity contribution is 6.31. The molecule has 6 nitrogen and oxygen atoms in total. The van der Waals surface area contributed by atoms with E-state index in [-0.39, 0.29) is 5.91 Å². The molecule has 2 aromatic carbocycles. The van der Waals surface area contributed by atoms with Gasteiger partial charge in [-0.25, -0.2) is 9.78 Å². The monoisotopic (exact) mass is 395 g/mol. The molecule has 0 saturated heterocycles. The maximum absolute atomic E-state index is 12.4. The molecule has 0 atom stereocenters. The van der Waals surface area contributed by atoms with Crippen molar-refractivity contribution in [3.05, 3.63) is 82.5 Å². The Bertz CT molecular complexity index is 1000. The van der Waals surface area contributed by atoms with Gasteiger partial charge in [-0.2, -0.15) is 0 Å². The number of rotatable bonds is 5. The van der Waals surface area contributed by atoms with Crippen molar-refractivity contribution in [3.8, 4) is 0 Å². The predicted octanol–water partition coefficient (Wildman–Crippen LogP) is 4.83. The Morgan fingerprint density at radius 2 is 1.64 bits per heavy atom. The molecule has 3 rings (SSSR count). The molecule has 0 bridgehead atoms. The van der Waals surface area contributed by atoms with Crippen LogP contribution in [0.5, 0.6) is 0 Å². The van der Waals surface area contributed by atoms with E-state index in [0.717, 1.165) is 11.3 Å². The molecule has 28 heavy (non-hydrogen) atoms. The second kappa shape index (κ2) is 8.54. The summed E-state index contributed by atoms with van der Waals surface area (Å²) in [5.74, 6) is -0.1000. The molecule has 0 radical (unpaired) electrons. The average Bonchev–Trinajstić information content (AvgIpc) is 2.71. The van der Waals surface area contributed by atoms with Crippen LogP contribution in [0.4, 0.5) is 17.2 Å². The lowest BCUT2D eigenvalue weighted by molar-refractivity contribution is 0.0600. The number of hydrogen-bond acceptors (Lipinski definition) is 5. The molecular weight excluding hydrogens is 378 g/mol. The van der Waals surface area contributed by atoms with E-state index in [1.807, 2.05) is 13.0 Å². The lowest BCUT2D eigenvalue weighted by atomic mass is 10.2. The van der Waals surface area contributed by atoms with Gasteiger partial charge in [-0.3, -0.25) is 4.79 Å². The first-order chi connectivity index (χ1) is 13.5. The van der Waals surface area contributed by atoms with Gasteiger partial charge in [0.1, 0.15) is 5.82 Å². The van der Waals surface area contributed by atoms with E-state index >= 15 is 0 Å². The predicted molar refractivity (Wildman–Crippen MR) is 109 cm³/mol. The Balaban J connectivity index is 1.64. The number of anilines is 3. The van der Waals surface area contributed by atoms with Gasteiger partial charge in [0.25, 0.3) is 5.91 Å². The second-order valence-electron chi connectivity index (χ2n) is 6.04. The molecule has 0 aliphatic heterocycles. The van der Waals surface area contributed by atoms with E-state index in [2.05, 4.69) is 20.4 Å². The number of nitrogens with one attached hydrogen (secondary N) is 2. The third kappa shape index (κ3) is 4.66. The van der Waals surface area contributed by atoms with Crippen molar-refractivity contribution in [1.29, 1.82) is 0 Å². The lowest BCUT2D eigenvalue weighted by Gasteiger charge is -2.09. The molecule has 0 spiro atoms. The number of carbonyl (C=O) groups excluding carboxylic acids is 2. The van der Waals surface area contributed by atoms with Gasteiger partial charge in [-0.15, -0.1) is 0 Å². The molecule has 0 aliphatic carbocycles. The molecule has 0 aliphatic rings. The fraction of sp³-hybridized carbons (Fsp3) is 0.0952. The molecule has 7 heteroatoms. The summed E-state index contributed by atoms with van der Waals surface area (Å²) in [5.41, 5.74) is 3.20. The van der Waals surface area contributed by atoms with Gasteiger partial charge >= 0.3 is 5.97 Å². The van der Waals surface area contributed by atoms with Crippen LogP contribution in [0.15, 0.2) is 60.8 Å². The lowest BCUT2D eigenvalue weighted by Crippen LogP contribution is -2.12. The molecule has 3 aromatic rings. The summed E-state index contributed by atoms with van der Waals surface area (Å²) < 4.78 is 4.67.